The van der Waals surface area contributed by atoms with Gasteiger partial charge in [0.15, 0.2) is 0 Å². The van der Waals surface area contributed by atoms with Crippen LogP contribution in [-0.4, -0.2) is 5.75 Å². The molecule has 1 N–H and O–H groups in total. The van der Waals surface area contributed by atoms with Crippen molar-refractivity contribution in [3.05, 3.63) is 87.8 Å². The number of allylic oxidation sites excluding steroid dienone is 2. The first-order valence-electron chi connectivity index (χ1n) is 12.9. The van der Waals surface area contributed by atoms with Crippen LogP contribution < -0.4 is 5.32 Å². The molecule has 0 bridgehead atoms. The quantitative estimate of drug-likeness (QED) is 0.140. The fourth-order valence-corrected chi connectivity index (χ4v) is 5.66. The van der Waals surface area contributed by atoms with Gasteiger partial charge in [-0.3, -0.25) is 0 Å². The predicted octanol–water partition coefficient (Wildman–Crippen LogP) is 11.8. The lowest BCUT2D eigenvalue weighted by Gasteiger charge is -2.16. The molecule has 4 heteroatoms. The Hall–Kier alpha value is -1.55. The highest BCUT2D eigenvalue weighted by molar-refractivity contribution is 8.07. The molecule has 0 aliphatic heterocycles. The lowest BCUT2D eigenvalue weighted by Crippen LogP contribution is -1.97. The molecule has 1 nitrogen and oxygen atoms in total. The van der Waals surface area contributed by atoms with Crippen molar-refractivity contribution < 1.29 is 0 Å². The number of benzene rings is 2. The highest BCUT2D eigenvalue weighted by Crippen LogP contribution is 2.38. The van der Waals surface area contributed by atoms with Gasteiger partial charge in [-0.25, -0.2) is 0 Å². The number of anilines is 1. The van der Waals surface area contributed by atoms with Crippen LogP contribution in [0.2, 0.25) is 5.02 Å². The summed E-state index contributed by atoms with van der Waals surface area (Å²) >= 11 is 9.98. The van der Waals surface area contributed by atoms with Gasteiger partial charge in [0.1, 0.15) is 0 Å². The Labute approximate surface area is 228 Å². The molecule has 2 aromatic carbocycles. The van der Waals surface area contributed by atoms with Crippen molar-refractivity contribution in [1.29, 1.82) is 0 Å². The Kier molecular flexibility index (Phi) is 16.8. The summed E-state index contributed by atoms with van der Waals surface area (Å²) in [5.41, 5.74) is 4.08. The zero-order valence-corrected chi connectivity index (χ0v) is 24.8. The summed E-state index contributed by atoms with van der Waals surface area (Å²) in [7, 11) is 0. The van der Waals surface area contributed by atoms with E-state index in [1.807, 2.05) is 44.7 Å². The third kappa shape index (κ3) is 11.8. The van der Waals surface area contributed by atoms with Crippen LogP contribution in [0.4, 0.5) is 5.69 Å². The second kappa shape index (κ2) is 18.7. The zero-order chi connectivity index (χ0) is 26.1. The molecular formula is C31H44ClNS2. The molecule has 192 valence electrons. The van der Waals surface area contributed by atoms with Gasteiger partial charge in [-0.2, -0.15) is 0 Å². The monoisotopic (exact) mass is 529 g/mol. The van der Waals surface area contributed by atoms with Crippen LogP contribution in [0.25, 0.3) is 5.57 Å². The maximum atomic E-state index is 6.45. The van der Waals surface area contributed by atoms with E-state index in [0.717, 1.165) is 37.3 Å². The van der Waals surface area contributed by atoms with Crippen LogP contribution >= 0.6 is 35.1 Å². The normalized spacial score (nSPS) is 11.0. The molecule has 0 radical (unpaired) electrons. The minimum Gasteiger partial charge on any atom is -0.350 e. The molecule has 0 aliphatic carbocycles. The number of rotatable bonds is 15. The Bertz CT molecular complexity index is 911. The van der Waals surface area contributed by atoms with Crippen LogP contribution in [0.5, 0.6) is 0 Å². The predicted molar refractivity (Wildman–Crippen MR) is 166 cm³/mol. The second-order valence-corrected chi connectivity index (χ2v) is 10.9. The van der Waals surface area contributed by atoms with Crippen molar-refractivity contribution in [3.63, 3.8) is 0 Å². The van der Waals surface area contributed by atoms with Crippen molar-refractivity contribution in [2.75, 3.05) is 11.1 Å². The summed E-state index contributed by atoms with van der Waals surface area (Å²) in [4.78, 5) is 2.37. The van der Waals surface area contributed by atoms with Crippen LogP contribution in [0.3, 0.4) is 0 Å². The van der Waals surface area contributed by atoms with E-state index in [0.29, 0.717) is 0 Å². The smallest absolute Gasteiger partial charge is 0.0700 e. The minimum absolute atomic E-state index is 0.725. The average molecular weight is 530 g/mol. The fraction of sp³-hybridized carbons (Fsp3) is 0.419. The Morgan fingerprint density at radius 1 is 0.943 bits per heavy atom. The molecule has 35 heavy (non-hydrogen) atoms. The molecule has 0 aromatic heterocycles. The highest BCUT2D eigenvalue weighted by Gasteiger charge is 2.13. The Balaban J connectivity index is 0.00000298. The second-order valence-electron chi connectivity index (χ2n) is 8.21. The molecule has 0 saturated heterocycles. The summed E-state index contributed by atoms with van der Waals surface area (Å²) in [6.07, 6.45) is 11.6. The molecule has 2 rings (SSSR count). The number of thioether (sulfide) groups is 2. The van der Waals surface area contributed by atoms with E-state index in [9.17, 15) is 0 Å². The van der Waals surface area contributed by atoms with E-state index in [4.69, 9.17) is 11.6 Å². The molecule has 0 spiro atoms. The lowest BCUT2D eigenvalue weighted by molar-refractivity contribution is 0.603. The van der Waals surface area contributed by atoms with Gasteiger partial charge < -0.3 is 5.32 Å². The van der Waals surface area contributed by atoms with Crippen molar-refractivity contribution >= 4 is 46.4 Å². The number of hydrogen-bond acceptors (Lipinski definition) is 3. The molecule has 0 fully saturated rings. The van der Waals surface area contributed by atoms with Gasteiger partial charge in [-0.05, 0) is 67.5 Å². The lowest BCUT2D eigenvalue weighted by atomic mass is 10.0. The minimum atomic E-state index is 0.725. The Morgan fingerprint density at radius 3 is 2.17 bits per heavy atom. The van der Waals surface area contributed by atoms with E-state index in [2.05, 4.69) is 68.7 Å². The topological polar surface area (TPSA) is 12.0 Å². The number of nitrogens with one attached hydrogen (secondary N) is 1. The zero-order valence-electron chi connectivity index (χ0n) is 22.4. The molecule has 0 aliphatic rings. The van der Waals surface area contributed by atoms with Gasteiger partial charge in [-0.15, -0.1) is 11.8 Å². The molecule has 2 aromatic rings. The summed E-state index contributed by atoms with van der Waals surface area (Å²) in [5.74, 6) is 1.19. The number of halogens is 1. The summed E-state index contributed by atoms with van der Waals surface area (Å²) in [5, 5.41) is 5.00. The maximum absolute atomic E-state index is 6.45. The molecule has 0 amide bonds. The Morgan fingerprint density at radius 2 is 1.57 bits per heavy atom. The number of aryl methyl sites for hydroxylation is 1. The van der Waals surface area contributed by atoms with E-state index >= 15 is 0 Å². The maximum Gasteiger partial charge on any atom is 0.0700 e. The third-order valence-corrected chi connectivity index (χ3v) is 7.93. The molecule has 0 atom stereocenters. The first-order chi connectivity index (χ1) is 17.0. The van der Waals surface area contributed by atoms with Crippen LogP contribution in [-0.2, 0) is 0 Å². The standard InChI is InChI=1S/C29H38ClNS2.C2H6/c1-6-8-9-10-11-12-13-21-32-26-19-17-25(18-20-26)31-24(5)33-28(7-2)23(4)29-22(3)15-14-16-27(29)30;1-2/h7,14-20,31H,4-6,8-13,21H2,1-3H3;1-2H3/b28-7-;. The van der Waals surface area contributed by atoms with Gasteiger partial charge >= 0.3 is 0 Å². The summed E-state index contributed by atoms with van der Waals surface area (Å²) in [6, 6.07) is 14.6. The number of hydrogen-bond donors (Lipinski definition) is 1. The highest BCUT2D eigenvalue weighted by atomic mass is 35.5. The van der Waals surface area contributed by atoms with E-state index in [1.165, 1.54) is 55.6 Å². The van der Waals surface area contributed by atoms with Crippen LogP contribution in [0.15, 0.2) is 76.5 Å². The molecule has 0 unspecified atom stereocenters. The van der Waals surface area contributed by atoms with E-state index in [1.54, 1.807) is 11.8 Å². The van der Waals surface area contributed by atoms with E-state index < -0.39 is 0 Å². The molecular weight excluding hydrogens is 486 g/mol. The van der Waals surface area contributed by atoms with Crippen LogP contribution in [0, 0.1) is 6.92 Å². The molecule has 0 heterocycles. The van der Waals surface area contributed by atoms with Gasteiger partial charge in [0.2, 0.25) is 0 Å². The van der Waals surface area contributed by atoms with Crippen molar-refractivity contribution in [1.82, 2.24) is 0 Å². The van der Waals surface area contributed by atoms with Gasteiger partial charge in [-0.1, -0.05) is 114 Å². The first-order valence-corrected chi connectivity index (χ1v) is 15.1. The largest absolute Gasteiger partial charge is 0.350 e. The van der Waals surface area contributed by atoms with Gasteiger partial charge in [0.25, 0.3) is 0 Å². The van der Waals surface area contributed by atoms with Gasteiger partial charge in [0.05, 0.1) is 5.03 Å². The van der Waals surface area contributed by atoms with Crippen molar-refractivity contribution in [2.24, 2.45) is 0 Å². The van der Waals surface area contributed by atoms with Crippen molar-refractivity contribution in [3.8, 4) is 0 Å². The SMILES string of the molecule is C=C(Nc1ccc(SCCCCCCCCC)cc1)S/C(=C\C)C(=C)c1c(C)cccc1Cl.CC. The van der Waals surface area contributed by atoms with Crippen molar-refractivity contribution in [2.45, 2.75) is 84.5 Å². The molecule has 0 saturated carbocycles. The summed E-state index contributed by atoms with van der Waals surface area (Å²) < 4.78 is 0. The van der Waals surface area contributed by atoms with Crippen LogP contribution in [0.1, 0.15) is 83.8 Å². The third-order valence-electron chi connectivity index (χ3n) is 5.47. The first kappa shape index (κ1) is 31.5. The summed E-state index contributed by atoms with van der Waals surface area (Å²) in [6.45, 7) is 18.9. The average Bonchev–Trinajstić information content (AvgIpc) is 2.86. The fourth-order valence-electron chi connectivity index (χ4n) is 3.63. The van der Waals surface area contributed by atoms with E-state index in [-0.39, 0.29) is 0 Å². The number of unbranched alkanes of at least 4 members (excludes halogenated alkanes) is 6. The van der Waals surface area contributed by atoms with Gasteiger partial charge in [0, 0.05) is 26.1 Å².